The van der Waals surface area contributed by atoms with Crippen LogP contribution in [-0.4, -0.2) is 19.7 Å². The third-order valence-corrected chi connectivity index (χ3v) is 4.34. The van der Waals surface area contributed by atoms with Crippen molar-refractivity contribution in [2.24, 2.45) is 4.99 Å². The fourth-order valence-corrected chi connectivity index (χ4v) is 3.19. The molecule has 23 heavy (non-hydrogen) atoms. The maximum Gasteiger partial charge on any atom is 0.290 e. The number of ether oxygens (including phenoxy) is 2. The van der Waals surface area contributed by atoms with Crippen LogP contribution in [-0.2, 0) is 0 Å². The Bertz CT molecular complexity index is 890. The molecule has 0 aliphatic carbocycles. The quantitative estimate of drug-likeness (QED) is 0.653. The molecule has 2 aromatic carbocycles. The zero-order valence-electron chi connectivity index (χ0n) is 12.2. The van der Waals surface area contributed by atoms with Crippen molar-refractivity contribution in [1.82, 2.24) is 0 Å². The molecule has 1 aromatic heterocycles. The Morgan fingerprint density at radius 2 is 2.00 bits per heavy atom. The van der Waals surface area contributed by atoms with E-state index in [1.807, 2.05) is 18.2 Å². The number of methoxy groups -OCH3 is 1. The topological polar surface area (TPSA) is 47.9 Å². The van der Waals surface area contributed by atoms with Crippen molar-refractivity contribution in [1.29, 1.82) is 0 Å². The van der Waals surface area contributed by atoms with Gasteiger partial charge in [-0.05, 0) is 31.0 Å². The van der Waals surface area contributed by atoms with Crippen LogP contribution in [0.2, 0.25) is 0 Å². The van der Waals surface area contributed by atoms with Gasteiger partial charge < -0.3 is 9.47 Å². The lowest BCUT2D eigenvalue weighted by Gasteiger charge is -2.07. The second-order valence-corrected chi connectivity index (χ2v) is 5.67. The Balaban J connectivity index is 2.22. The number of benzene rings is 2. The minimum Gasteiger partial charge on any atom is -0.494 e. The van der Waals surface area contributed by atoms with Crippen LogP contribution in [0, 0.1) is 5.82 Å². The van der Waals surface area contributed by atoms with Crippen molar-refractivity contribution in [3.8, 4) is 17.2 Å². The fourth-order valence-electron chi connectivity index (χ4n) is 2.15. The molecule has 1 amide bonds. The monoisotopic (exact) mass is 329 g/mol. The number of aliphatic imine (C=N–C) groups is 1. The second kappa shape index (κ2) is 6.18. The summed E-state index contributed by atoms with van der Waals surface area (Å²) in [5.41, 5.74) is 0. The van der Waals surface area contributed by atoms with Crippen molar-refractivity contribution < 1.29 is 18.7 Å². The summed E-state index contributed by atoms with van der Waals surface area (Å²) in [4.78, 5) is 15.7. The summed E-state index contributed by atoms with van der Waals surface area (Å²) in [5, 5.41) is 0.587. The van der Waals surface area contributed by atoms with Crippen LogP contribution in [0.3, 0.4) is 0 Å². The van der Waals surface area contributed by atoms with Crippen LogP contribution in [0.15, 0.2) is 47.5 Å². The van der Waals surface area contributed by atoms with E-state index < -0.39 is 11.7 Å². The highest BCUT2D eigenvalue weighted by molar-refractivity contribution is 7.21. The summed E-state index contributed by atoms with van der Waals surface area (Å²) in [5.74, 6) is -0.0474. The predicted molar refractivity (Wildman–Crippen MR) is 88.7 cm³/mol. The maximum atomic E-state index is 13.9. The summed E-state index contributed by atoms with van der Waals surface area (Å²) in [7, 11) is 1.38. The van der Waals surface area contributed by atoms with Gasteiger partial charge in [-0.25, -0.2) is 9.38 Å². The summed E-state index contributed by atoms with van der Waals surface area (Å²) >= 11 is 1.11. The highest BCUT2D eigenvalue weighted by Crippen LogP contribution is 2.43. The molecule has 0 spiro atoms. The van der Waals surface area contributed by atoms with Crippen molar-refractivity contribution in [3.63, 3.8) is 0 Å². The first-order chi connectivity index (χ1) is 11.1. The molecular weight excluding hydrogens is 317 g/mol. The number of nitrogens with zero attached hydrogens (tertiary/aromatic N) is 1. The van der Waals surface area contributed by atoms with Crippen LogP contribution in [0.4, 0.5) is 4.39 Å². The zero-order valence-corrected chi connectivity index (χ0v) is 13.0. The van der Waals surface area contributed by atoms with Gasteiger partial charge in [-0.3, -0.25) is 4.79 Å². The largest absolute Gasteiger partial charge is 0.494 e. The molecule has 3 rings (SSSR count). The standard InChI is InChI=1S/C17H12FNO3S/c1-19-17(20)16-15(22-10-6-4-3-5-7-10)11-8-13(21-2)12(18)9-14(11)23-16/h3-9H,1H2,2H3. The molecule has 0 atom stereocenters. The SMILES string of the molecule is C=NC(=O)c1sc2cc(F)c(OC)cc2c1Oc1ccccc1. The molecule has 1 heterocycles. The Morgan fingerprint density at radius 1 is 1.26 bits per heavy atom. The number of para-hydroxylation sites is 1. The van der Waals surface area contributed by atoms with E-state index in [0.29, 0.717) is 21.6 Å². The molecule has 0 fully saturated rings. The van der Waals surface area contributed by atoms with Crippen LogP contribution in [0.25, 0.3) is 10.1 Å². The van der Waals surface area contributed by atoms with E-state index in [0.717, 1.165) is 11.3 Å². The first-order valence-corrected chi connectivity index (χ1v) is 7.49. The first-order valence-electron chi connectivity index (χ1n) is 6.68. The number of rotatable bonds is 4. The number of amides is 1. The summed E-state index contributed by atoms with van der Waals surface area (Å²) in [6.07, 6.45) is 0. The third kappa shape index (κ3) is 2.80. The van der Waals surface area contributed by atoms with Crippen molar-refractivity contribution in [2.45, 2.75) is 0 Å². The van der Waals surface area contributed by atoms with Gasteiger partial charge in [0, 0.05) is 10.1 Å². The van der Waals surface area contributed by atoms with Crippen molar-refractivity contribution in [2.75, 3.05) is 7.11 Å². The van der Waals surface area contributed by atoms with Crippen LogP contribution in [0.1, 0.15) is 9.67 Å². The lowest BCUT2D eigenvalue weighted by molar-refractivity contribution is 0.101. The second-order valence-electron chi connectivity index (χ2n) is 4.62. The summed E-state index contributed by atoms with van der Waals surface area (Å²) in [6.45, 7) is 3.26. The molecule has 0 aliphatic heterocycles. The van der Waals surface area contributed by atoms with E-state index in [4.69, 9.17) is 9.47 Å². The van der Waals surface area contributed by atoms with Crippen LogP contribution >= 0.6 is 11.3 Å². The Kier molecular flexibility index (Phi) is 4.08. The van der Waals surface area contributed by atoms with Crippen LogP contribution in [0.5, 0.6) is 17.2 Å². The molecule has 0 radical (unpaired) electrons. The molecule has 0 unspecified atom stereocenters. The highest BCUT2D eigenvalue weighted by atomic mass is 32.1. The van der Waals surface area contributed by atoms with Gasteiger partial charge in [-0.1, -0.05) is 18.2 Å². The number of hydrogen-bond donors (Lipinski definition) is 0. The Morgan fingerprint density at radius 3 is 2.65 bits per heavy atom. The minimum absolute atomic E-state index is 0.0822. The normalized spacial score (nSPS) is 10.5. The first kappa shape index (κ1) is 15.2. The molecule has 0 saturated heterocycles. The van der Waals surface area contributed by atoms with E-state index in [1.54, 1.807) is 12.1 Å². The number of fused-ring (bicyclic) bond motifs is 1. The lowest BCUT2D eigenvalue weighted by Crippen LogP contribution is -1.94. The maximum absolute atomic E-state index is 13.9. The van der Waals surface area contributed by atoms with Gasteiger partial charge in [0.25, 0.3) is 5.91 Å². The molecule has 6 heteroatoms. The van der Waals surface area contributed by atoms with E-state index in [9.17, 15) is 9.18 Å². The third-order valence-electron chi connectivity index (χ3n) is 3.22. The molecule has 4 nitrogen and oxygen atoms in total. The van der Waals surface area contributed by atoms with Crippen LogP contribution < -0.4 is 9.47 Å². The molecule has 0 aliphatic rings. The van der Waals surface area contributed by atoms with Crippen molar-refractivity contribution >= 4 is 34.0 Å². The fraction of sp³-hybridized carbons (Fsp3) is 0.0588. The Hall–Kier alpha value is -2.73. The number of halogens is 1. The highest BCUT2D eigenvalue weighted by Gasteiger charge is 2.22. The average Bonchev–Trinajstić information content (AvgIpc) is 2.91. The van der Waals surface area contributed by atoms with E-state index in [-0.39, 0.29) is 10.6 Å². The summed E-state index contributed by atoms with van der Waals surface area (Å²) < 4.78 is 25.3. The van der Waals surface area contributed by atoms with Gasteiger partial charge in [0.1, 0.15) is 10.6 Å². The summed E-state index contributed by atoms with van der Waals surface area (Å²) in [6, 6.07) is 11.8. The Labute approximate surface area is 135 Å². The molecule has 0 saturated carbocycles. The van der Waals surface area contributed by atoms with Gasteiger partial charge in [-0.2, -0.15) is 0 Å². The van der Waals surface area contributed by atoms with E-state index >= 15 is 0 Å². The van der Waals surface area contributed by atoms with Gasteiger partial charge >= 0.3 is 0 Å². The van der Waals surface area contributed by atoms with E-state index in [1.165, 1.54) is 19.2 Å². The van der Waals surface area contributed by atoms with E-state index in [2.05, 4.69) is 11.7 Å². The van der Waals surface area contributed by atoms with Gasteiger partial charge in [0.2, 0.25) is 0 Å². The van der Waals surface area contributed by atoms with Gasteiger partial charge in [0.05, 0.1) is 7.11 Å². The number of hydrogen-bond acceptors (Lipinski definition) is 4. The molecule has 3 aromatic rings. The molecule has 0 N–H and O–H groups in total. The van der Waals surface area contributed by atoms with Gasteiger partial charge in [-0.15, -0.1) is 11.3 Å². The average molecular weight is 329 g/mol. The number of carbonyl (C=O) groups is 1. The predicted octanol–water partition coefficient (Wildman–Crippen LogP) is 4.68. The lowest BCUT2D eigenvalue weighted by atomic mass is 10.2. The molecule has 116 valence electrons. The van der Waals surface area contributed by atoms with Crippen molar-refractivity contribution in [3.05, 3.63) is 53.2 Å². The number of carbonyl (C=O) groups excluding carboxylic acids is 1. The van der Waals surface area contributed by atoms with Gasteiger partial charge in [0.15, 0.2) is 17.3 Å². The number of thiophene rings is 1. The molecule has 0 bridgehead atoms. The minimum atomic E-state index is -0.517. The smallest absolute Gasteiger partial charge is 0.290 e. The zero-order chi connectivity index (χ0) is 16.4. The molecular formula is C17H12FNO3S.